The molecule has 0 aliphatic heterocycles. The van der Waals surface area contributed by atoms with Gasteiger partial charge in [-0.05, 0) is 199 Å². The Morgan fingerprint density at radius 1 is 0.0901 bits per heavy atom. The van der Waals surface area contributed by atoms with Crippen LogP contribution in [0.1, 0.15) is 553 Å². The second kappa shape index (κ2) is 136. The van der Waals surface area contributed by atoms with Gasteiger partial charge in [0.05, 0.1) is 0 Å². The van der Waals surface area contributed by atoms with Crippen LogP contribution in [0.5, 0.6) is 0 Å². The van der Waals surface area contributed by atoms with Crippen LogP contribution in [0, 0.1) is 0 Å². The van der Waals surface area contributed by atoms with Crippen LogP contribution < -0.4 is 0 Å². The Morgan fingerprint density at radius 2 is 0.180 bits per heavy atom. The number of hydrogen-bond donors (Lipinski definition) is 0. The minimum Gasteiger partial charge on any atom is -0.0888 e. The van der Waals surface area contributed by atoms with Gasteiger partial charge in [-0.2, -0.15) is 0 Å². The number of allylic oxidation sites excluding steroid dienone is 26. The van der Waals surface area contributed by atoms with Gasteiger partial charge in [0.2, 0.25) is 0 Å². The summed E-state index contributed by atoms with van der Waals surface area (Å²) in [6, 6.07) is 0. The quantitative estimate of drug-likeness (QED) is 0.0421. The average Bonchev–Trinajstić information content (AvgIpc) is 3.93. The van der Waals surface area contributed by atoms with Crippen LogP contribution in [0.25, 0.3) is 0 Å². The highest BCUT2D eigenvalue weighted by Gasteiger charge is 1.95. The summed E-state index contributed by atoms with van der Waals surface area (Å²) in [5, 5.41) is 0. The molecule has 0 amide bonds. The van der Waals surface area contributed by atoms with Crippen LogP contribution >= 0.6 is 0 Å². The summed E-state index contributed by atoms with van der Waals surface area (Å²) < 4.78 is 0. The van der Waals surface area contributed by atoms with Gasteiger partial charge in [-0.25, -0.2) is 0 Å². The van der Waals surface area contributed by atoms with Gasteiger partial charge in [0, 0.05) is 0 Å². The lowest BCUT2D eigenvalue weighted by Gasteiger charge is -1.98. The topological polar surface area (TPSA) is 0 Å². The van der Waals surface area contributed by atoms with Crippen molar-refractivity contribution in [3.63, 3.8) is 0 Å². The van der Waals surface area contributed by atoms with Gasteiger partial charge in [-0.15, -0.1) is 0 Å². The van der Waals surface area contributed by atoms with Gasteiger partial charge in [0.15, 0.2) is 0 Å². The van der Waals surface area contributed by atoms with Crippen molar-refractivity contribution >= 4 is 0 Å². The third-order valence-corrected chi connectivity index (χ3v) is 19.7. The highest BCUT2D eigenvalue weighted by atomic mass is 14.0. The maximum Gasteiger partial charge on any atom is -0.0169 e. The first-order chi connectivity index (χ1) is 54.9. The highest BCUT2D eigenvalue weighted by molar-refractivity contribution is 4.99. The van der Waals surface area contributed by atoms with E-state index in [1.807, 2.05) is 0 Å². The van der Waals surface area contributed by atoms with Crippen LogP contribution in [-0.2, 0) is 0 Å². The van der Waals surface area contributed by atoms with Crippen molar-refractivity contribution in [1.29, 1.82) is 0 Å². The van der Waals surface area contributed by atoms with Crippen molar-refractivity contribution in [2.75, 3.05) is 0 Å². The second-order valence-electron chi connectivity index (χ2n) is 31.6. The van der Waals surface area contributed by atoms with Gasteiger partial charge in [0.1, 0.15) is 0 Å². The summed E-state index contributed by atoms with van der Waals surface area (Å²) >= 11 is 0. The number of hydrogen-bond acceptors (Lipinski definition) is 0. The van der Waals surface area contributed by atoms with E-state index in [0.29, 0.717) is 0 Å². The standard InChI is InChI=1S/C18H36.C18H34.C18H32.C15H30.C15H28.C15H26.C12H24/c3*1-3-5-7-9-11-13-15-17-18-16-14-12-10-8-6-4-2;3*1-3-5-7-9-11-13-15-14-12-10-8-6-4-2;1-3-5-7-9-11-12-10-8-6-4-2/h17-18H,3-16H2,1-2H3;11,13,17-18H,3-10,12,14-16H2,1-2H3;5,7,11,13,17-18H,3-4,6,8-10,12,14-16H2,1-2H3;11,13H,3-10,12,14-15H2,1-2H3;11-14H,3-10,15H2,1-2H3;5,7,11-14H,3-4,6,8-10,15H2,1-2H3;5,7H,3-4,6,8-12H2,1-2H3/b18-17+;13-11+,18-17+;7-5+,13-11+,18-17+;13-11+;13-11+,14-12+;7-5+,13-11+,14-12+;7-5+. The van der Waals surface area contributed by atoms with Crippen LogP contribution in [0.2, 0.25) is 0 Å². The predicted octanol–water partition coefficient (Wildman–Crippen LogP) is 42.1. The third-order valence-electron chi connectivity index (χ3n) is 19.7. The van der Waals surface area contributed by atoms with Crippen molar-refractivity contribution in [1.82, 2.24) is 0 Å². The molecule has 0 fully saturated rings. The van der Waals surface area contributed by atoms with Gasteiger partial charge >= 0.3 is 0 Å². The van der Waals surface area contributed by atoms with E-state index < -0.39 is 0 Å². The molecule has 0 rings (SSSR count). The van der Waals surface area contributed by atoms with Crippen LogP contribution in [0.15, 0.2) is 158 Å². The molecule has 0 saturated carbocycles. The van der Waals surface area contributed by atoms with E-state index in [0.717, 1.165) is 51.4 Å². The summed E-state index contributed by atoms with van der Waals surface area (Å²) in [6.45, 7) is 31.5. The van der Waals surface area contributed by atoms with Gasteiger partial charge in [-0.3, -0.25) is 0 Å². The molecule has 0 atom stereocenters. The summed E-state index contributed by atoms with van der Waals surface area (Å²) in [5.74, 6) is 0. The van der Waals surface area contributed by atoms with Crippen LogP contribution in [-0.4, -0.2) is 0 Å². The van der Waals surface area contributed by atoms with E-state index in [-0.39, 0.29) is 0 Å². The maximum absolute atomic E-state index is 2.41. The largest absolute Gasteiger partial charge is 0.0888 e. The van der Waals surface area contributed by atoms with Crippen molar-refractivity contribution in [3.05, 3.63) is 158 Å². The highest BCUT2D eigenvalue weighted by Crippen LogP contribution is 2.15. The predicted molar refractivity (Wildman–Crippen MR) is 526 cm³/mol. The molecule has 0 aliphatic rings. The lowest BCUT2D eigenvalue weighted by atomic mass is 10.1. The fourth-order valence-electron chi connectivity index (χ4n) is 12.2. The molecule has 0 unspecified atom stereocenters. The molecule has 0 aromatic heterocycles. The lowest BCUT2D eigenvalue weighted by Crippen LogP contribution is -1.79. The van der Waals surface area contributed by atoms with Crippen molar-refractivity contribution in [2.24, 2.45) is 0 Å². The molecule has 0 heteroatoms. The third kappa shape index (κ3) is 156. The summed E-state index contributed by atoms with van der Waals surface area (Å²) in [7, 11) is 0. The zero-order valence-electron chi connectivity index (χ0n) is 79.2. The molecule has 0 N–H and O–H groups in total. The van der Waals surface area contributed by atoms with E-state index in [1.54, 1.807) is 0 Å². The number of unbranched alkanes of at least 4 members (excludes halogenated alkanes) is 51. The Kier molecular flexibility index (Phi) is 148. The SMILES string of the molecule is CC/C=C/C/C=C/C/C=C/CCCCC.CC/C=C/C/C=C/C/C=C/CCCCCCCC.CC/C=C/CCCCCCCC.CCCCC/C=C/C/C=C/CCCCC.CCCCC/C=C/C/C=C/CCCCCCCC.CCCCC/C=C/CCCCCCCC.CCCCCCCC/C=C/CCCCCCCC. The Bertz CT molecular complexity index is 1840. The second-order valence-corrected chi connectivity index (χ2v) is 31.6. The molecule has 0 aromatic carbocycles. The molecule has 0 aliphatic carbocycles. The average molecular weight is 1540 g/mol. The number of rotatable bonds is 77. The molecular weight excluding hydrogens is 1330 g/mol. The Morgan fingerprint density at radius 3 is 0.333 bits per heavy atom. The summed E-state index contributed by atoms with van der Waals surface area (Å²) in [5.41, 5.74) is 0. The van der Waals surface area contributed by atoms with Gasteiger partial charge in [-0.1, -0.05) is 512 Å². The Hall–Kier alpha value is -3.38. The van der Waals surface area contributed by atoms with E-state index in [2.05, 4.69) is 255 Å². The molecule has 0 radical (unpaired) electrons. The zero-order chi connectivity index (χ0) is 82.6. The molecule has 111 heavy (non-hydrogen) atoms. The van der Waals surface area contributed by atoms with Crippen molar-refractivity contribution < 1.29 is 0 Å². The molecule has 0 aromatic rings. The smallest absolute Gasteiger partial charge is 0.0169 e. The van der Waals surface area contributed by atoms with E-state index in [9.17, 15) is 0 Å². The molecule has 0 heterocycles. The molecule has 0 nitrogen and oxygen atoms in total. The lowest BCUT2D eigenvalue weighted by molar-refractivity contribution is 0.606. The van der Waals surface area contributed by atoms with Gasteiger partial charge < -0.3 is 0 Å². The molecule has 0 bridgehead atoms. The van der Waals surface area contributed by atoms with E-state index >= 15 is 0 Å². The normalized spacial score (nSPS) is 11.8. The van der Waals surface area contributed by atoms with E-state index in [1.165, 1.54) is 405 Å². The first kappa shape index (κ1) is 121. The van der Waals surface area contributed by atoms with E-state index in [4.69, 9.17) is 0 Å². The monoisotopic (exact) mass is 1540 g/mol. The molecular formula is C111H210. The maximum atomic E-state index is 2.41. The fourth-order valence-corrected chi connectivity index (χ4v) is 12.2. The fraction of sp³-hybridized carbons (Fsp3) is 0.766. The first-order valence-corrected chi connectivity index (χ1v) is 50.3. The Balaban J connectivity index is -0.000000228. The molecule has 0 saturated heterocycles. The minimum absolute atomic E-state index is 1.08. The van der Waals surface area contributed by atoms with Crippen LogP contribution in [0.4, 0.5) is 0 Å². The minimum atomic E-state index is 1.08. The molecule has 0 spiro atoms. The van der Waals surface area contributed by atoms with Crippen molar-refractivity contribution in [3.8, 4) is 0 Å². The first-order valence-electron chi connectivity index (χ1n) is 50.3. The van der Waals surface area contributed by atoms with Gasteiger partial charge in [0.25, 0.3) is 0 Å². The summed E-state index contributed by atoms with van der Waals surface area (Å²) in [6.07, 6.45) is 155. The van der Waals surface area contributed by atoms with Crippen LogP contribution in [0.3, 0.4) is 0 Å². The molecule has 654 valence electrons. The Labute approximate surface area is 706 Å². The van der Waals surface area contributed by atoms with Crippen molar-refractivity contribution in [2.45, 2.75) is 553 Å². The summed E-state index contributed by atoms with van der Waals surface area (Å²) in [4.78, 5) is 0. The zero-order valence-corrected chi connectivity index (χ0v) is 79.2.